The third kappa shape index (κ3) is 3.89. The fourth-order valence-electron chi connectivity index (χ4n) is 2.13. The average molecular weight is 304 g/mol. The van der Waals surface area contributed by atoms with Gasteiger partial charge < -0.3 is 4.90 Å². The first-order valence-corrected chi connectivity index (χ1v) is 8.13. The summed E-state index contributed by atoms with van der Waals surface area (Å²) in [5.74, 6) is 0.390. The first kappa shape index (κ1) is 14.7. The van der Waals surface area contributed by atoms with E-state index in [1.165, 1.54) is 18.5 Å². The number of pyridine rings is 1. The zero-order valence-corrected chi connectivity index (χ0v) is 12.4. The molecule has 0 amide bonds. The van der Waals surface area contributed by atoms with E-state index in [0.717, 1.165) is 25.9 Å². The minimum atomic E-state index is -3.56. The van der Waals surface area contributed by atoms with Crippen LogP contribution in [0.1, 0.15) is 12.8 Å². The summed E-state index contributed by atoms with van der Waals surface area (Å²) in [7, 11) is -1.48. The van der Waals surface area contributed by atoms with Crippen molar-refractivity contribution in [3.05, 3.63) is 23.5 Å². The van der Waals surface area contributed by atoms with Crippen molar-refractivity contribution >= 4 is 21.6 Å². The number of sulfonamides is 1. The summed E-state index contributed by atoms with van der Waals surface area (Å²) < 4.78 is 26.9. The van der Waals surface area contributed by atoms with Gasteiger partial charge in [-0.25, -0.2) is 13.1 Å². The number of piperidine rings is 1. The van der Waals surface area contributed by atoms with Crippen molar-refractivity contribution in [2.75, 3.05) is 26.7 Å². The van der Waals surface area contributed by atoms with E-state index in [2.05, 4.69) is 21.7 Å². The molecule has 2 rings (SSSR count). The molecule has 1 aliphatic heterocycles. The van der Waals surface area contributed by atoms with Gasteiger partial charge in [0.15, 0.2) is 0 Å². The van der Waals surface area contributed by atoms with Crippen molar-refractivity contribution in [3.63, 3.8) is 0 Å². The highest BCUT2D eigenvalue weighted by molar-refractivity contribution is 7.89. The Bertz CT molecular complexity index is 528. The van der Waals surface area contributed by atoms with Gasteiger partial charge in [-0.05, 0) is 45.0 Å². The second kappa shape index (κ2) is 6.17. The molecule has 1 aliphatic rings. The maximum absolute atomic E-state index is 12.1. The molecule has 0 radical (unpaired) electrons. The van der Waals surface area contributed by atoms with Crippen molar-refractivity contribution in [2.24, 2.45) is 5.92 Å². The Labute approximate surface area is 119 Å². The van der Waals surface area contributed by atoms with Gasteiger partial charge in [0.2, 0.25) is 10.0 Å². The lowest BCUT2D eigenvalue weighted by Gasteiger charge is -2.28. The molecule has 0 atom stereocenters. The smallest absolute Gasteiger partial charge is 0.243 e. The van der Waals surface area contributed by atoms with Gasteiger partial charge in [-0.15, -0.1) is 0 Å². The van der Waals surface area contributed by atoms with E-state index in [1.54, 1.807) is 0 Å². The van der Waals surface area contributed by atoms with E-state index < -0.39 is 10.0 Å². The lowest BCUT2D eigenvalue weighted by molar-refractivity contribution is 0.220. The maximum Gasteiger partial charge on any atom is 0.243 e. The predicted molar refractivity (Wildman–Crippen MR) is 74.7 cm³/mol. The molecule has 0 aliphatic carbocycles. The molecule has 1 fully saturated rings. The van der Waals surface area contributed by atoms with Gasteiger partial charge in [-0.3, -0.25) is 4.98 Å². The van der Waals surface area contributed by atoms with Crippen molar-refractivity contribution in [1.82, 2.24) is 14.6 Å². The first-order chi connectivity index (χ1) is 8.99. The van der Waals surface area contributed by atoms with Crippen LogP contribution in [0.3, 0.4) is 0 Å². The van der Waals surface area contributed by atoms with Crippen LogP contribution >= 0.6 is 11.6 Å². The van der Waals surface area contributed by atoms with E-state index >= 15 is 0 Å². The predicted octanol–water partition coefficient (Wildman–Crippen LogP) is 1.36. The largest absolute Gasteiger partial charge is 0.306 e. The normalized spacial score (nSPS) is 18.6. The van der Waals surface area contributed by atoms with E-state index in [0.29, 0.717) is 12.5 Å². The highest BCUT2D eigenvalue weighted by atomic mass is 35.5. The number of hydrogen-bond acceptors (Lipinski definition) is 4. The summed E-state index contributed by atoms with van der Waals surface area (Å²) in [6, 6.07) is 1.48. The average Bonchev–Trinajstić information content (AvgIpc) is 2.38. The third-order valence-electron chi connectivity index (χ3n) is 3.42. The Morgan fingerprint density at radius 2 is 2.16 bits per heavy atom. The fraction of sp³-hybridized carbons (Fsp3) is 0.583. The first-order valence-electron chi connectivity index (χ1n) is 6.27. The van der Waals surface area contributed by atoms with Gasteiger partial charge in [0, 0.05) is 18.9 Å². The zero-order valence-electron chi connectivity index (χ0n) is 10.8. The molecule has 0 bridgehead atoms. The Morgan fingerprint density at radius 1 is 1.47 bits per heavy atom. The highest BCUT2D eigenvalue weighted by Crippen LogP contribution is 2.20. The highest BCUT2D eigenvalue weighted by Gasteiger charge is 2.22. The number of hydrogen-bond donors (Lipinski definition) is 1. The van der Waals surface area contributed by atoms with Crippen molar-refractivity contribution in [2.45, 2.75) is 17.7 Å². The lowest BCUT2D eigenvalue weighted by atomic mass is 9.98. The quantitative estimate of drug-likeness (QED) is 0.912. The van der Waals surface area contributed by atoms with E-state index in [9.17, 15) is 8.42 Å². The molecule has 1 saturated heterocycles. The van der Waals surface area contributed by atoms with Crippen LogP contribution in [0.2, 0.25) is 5.02 Å². The monoisotopic (exact) mass is 303 g/mol. The number of halogens is 1. The molecule has 5 nitrogen and oxygen atoms in total. The molecule has 1 aromatic rings. The topological polar surface area (TPSA) is 62.3 Å². The standard InChI is InChI=1S/C12H18ClN3O2S/c1-16-6-3-10(4-7-16)8-15-19(17,18)12-9-14-5-2-11(12)13/h2,5,9-10,15H,3-4,6-8H2,1H3. The van der Waals surface area contributed by atoms with E-state index in [4.69, 9.17) is 11.6 Å². The minimum absolute atomic E-state index is 0.0459. The van der Waals surface area contributed by atoms with Crippen molar-refractivity contribution in [3.8, 4) is 0 Å². The number of rotatable bonds is 4. The van der Waals surface area contributed by atoms with Crippen LogP contribution in [0.4, 0.5) is 0 Å². The van der Waals surface area contributed by atoms with Crippen LogP contribution in [0.25, 0.3) is 0 Å². The number of aromatic nitrogens is 1. The number of likely N-dealkylation sites (tertiary alicyclic amines) is 1. The Kier molecular flexibility index (Phi) is 4.78. The summed E-state index contributed by atoms with van der Waals surface area (Å²) in [6.45, 7) is 2.49. The van der Waals surface area contributed by atoms with Crippen LogP contribution in [0.5, 0.6) is 0 Å². The van der Waals surface area contributed by atoms with Gasteiger partial charge in [0.05, 0.1) is 5.02 Å². The summed E-state index contributed by atoms with van der Waals surface area (Å²) in [5.41, 5.74) is 0. The Balaban J connectivity index is 1.97. The third-order valence-corrected chi connectivity index (χ3v) is 5.32. The van der Waals surface area contributed by atoms with Crippen LogP contribution in [-0.2, 0) is 10.0 Å². The lowest BCUT2D eigenvalue weighted by Crippen LogP contribution is -2.36. The molecule has 0 saturated carbocycles. The SMILES string of the molecule is CN1CCC(CNS(=O)(=O)c2cnccc2Cl)CC1. The summed E-state index contributed by atoms with van der Waals surface area (Å²) in [6.07, 6.45) is 4.78. The number of nitrogens with one attached hydrogen (secondary N) is 1. The van der Waals surface area contributed by atoms with Crippen LogP contribution in [0.15, 0.2) is 23.4 Å². The minimum Gasteiger partial charge on any atom is -0.306 e. The fourth-order valence-corrected chi connectivity index (χ4v) is 3.68. The van der Waals surface area contributed by atoms with E-state index in [-0.39, 0.29) is 9.92 Å². The van der Waals surface area contributed by atoms with Gasteiger partial charge in [-0.2, -0.15) is 0 Å². The van der Waals surface area contributed by atoms with Crippen LogP contribution < -0.4 is 4.72 Å². The maximum atomic E-state index is 12.1. The van der Waals surface area contributed by atoms with Crippen LogP contribution in [-0.4, -0.2) is 45.0 Å². The zero-order chi connectivity index (χ0) is 13.9. The molecule has 19 heavy (non-hydrogen) atoms. The van der Waals surface area contributed by atoms with Gasteiger partial charge in [0.1, 0.15) is 4.90 Å². The molecule has 1 N–H and O–H groups in total. The molecule has 1 aromatic heterocycles. The number of nitrogens with zero attached hydrogens (tertiary/aromatic N) is 2. The van der Waals surface area contributed by atoms with Crippen LogP contribution in [0, 0.1) is 5.92 Å². The molecule has 0 aromatic carbocycles. The second-order valence-corrected chi connectivity index (χ2v) is 7.05. The second-order valence-electron chi connectivity index (χ2n) is 4.90. The Morgan fingerprint density at radius 3 is 2.79 bits per heavy atom. The molecule has 106 valence electrons. The Hall–Kier alpha value is -0.690. The molecule has 0 spiro atoms. The summed E-state index contributed by atoms with van der Waals surface area (Å²) in [4.78, 5) is 6.11. The summed E-state index contributed by atoms with van der Waals surface area (Å²) >= 11 is 5.88. The van der Waals surface area contributed by atoms with Gasteiger partial charge in [0.25, 0.3) is 0 Å². The van der Waals surface area contributed by atoms with Crippen molar-refractivity contribution in [1.29, 1.82) is 0 Å². The molecular formula is C12H18ClN3O2S. The molecular weight excluding hydrogens is 286 g/mol. The summed E-state index contributed by atoms with van der Waals surface area (Å²) in [5, 5.41) is 0.200. The van der Waals surface area contributed by atoms with Gasteiger partial charge in [-0.1, -0.05) is 11.6 Å². The molecule has 0 unspecified atom stereocenters. The molecule has 7 heteroatoms. The van der Waals surface area contributed by atoms with E-state index in [1.807, 2.05) is 0 Å². The van der Waals surface area contributed by atoms with Gasteiger partial charge >= 0.3 is 0 Å². The molecule has 2 heterocycles. The van der Waals surface area contributed by atoms with Crippen molar-refractivity contribution < 1.29 is 8.42 Å².